The maximum absolute atomic E-state index is 6.19. The summed E-state index contributed by atoms with van der Waals surface area (Å²) in [5, 5.41) is 5.98. The van der Waals surface area contributed by atoms with Crippen LogP contribution in [0.1, 0.15) is 0 Å². The molecule has 1 aromatic carbocycles. The molecule has 0 bridgehead atoms. The van der Waals surface area contributed by atoms with E-state index in [-0.39, 0.29) is 0 Å². The number of benzene rings is 1. The fourth-order valence-electron chi connectivity index (χ4n) is 1.92. The zero-order chi connectivity index (χ0) is 15.6. The van der Waals surface area contributed by atoms with E-state index in [1.54, 1.807) is 7.11 Å². The molecular formula is C14H20BrClN2O2Si. The Kier molecular flexibility index (Phi) is 5.35. The molecule has 0 fully saturated rings. The fraction of sp³-hybridized carbons (Fsp3) is 0.500. The van der Waals surface area contributed by atoms with Crippen LogP contribution in [0.15, 0.2) is 16.7 Å². The first-order valence-corrected chi connectivity index (χ1v) is 11.7. The molecule has 1 heterocycles. The number of ether oxygens (including phenoxy) is 2. The lowest BCUT2D eigenvalue weighted by Gasteiger charge is -2.15. The van der Waals surface area contributed by atoms with Gasteiger partial charge in [0.05, 0.1) is 17.6 Å². The normalized spacial score (nSPS) is 12.1. The molecule has 0 radical (unpaired) electrons. The lowest BCUT2D eigenvalue weighted by atomic mass is 10.2. The first-order valence-electron chi connectivity index (χ1n) is 6.79. The van der Waals surface area contributed by atoms with Gasteiger partial charge < -0.3 is 9.47 Å². The molecule has 0 saturated heterocycles. The lowest BCUT2D eigenvalue weighted by molar-refractivity contribution is 0.0814. The highest BCUT2D eigenvalue weighted by molar-refractivity contribution is 9.10. The molecule has 0 saturated carbocycles. The Morgan fingerprint density at radius 3 is 2.67 bits per heavy atom. The summed E-state index contributed by atoms with van der Waals surface area (Å²) in [4.78, 5) is 0. The predicted octanol–water partition coefficient (Wildman–Crippen LogP) is 4.77. The van der Waals surface area contributed by atoms with Gasteiger partial charge in [0.2, 0.25) is 0 Å². The Hall–Kier alpha value is -0.563. The minimum Gasteiger partial charge on any atom is -0.495 e. The van der Waals surface area contributed by atoms with Crippen molar-refractivity contribution in [1.29, 1.82) is 0 Å². The van der Waals surface area contributed by atoms with E-state index in [9.17, 15) is 0 Å². The van der Waals surface area contributed by atoms with Crippen LogP contribution < -0.4 is 4.74 Å². The molecule has 21 heavy (non-hydrogen) atoms. The number of methoxy groups -OCH3 is 1. The average Bonchev–Trinajstić information content (AvgIpc) is 2.69. The van der Waals surface area contributed by atoms with Crippen molar-refractivity contribution in [2.45, 2.75) is 32.4 Å². The number of rotatable bonds is 6. The smallest absolute Gasteiger partial charge is 0.140 e. The Morgan fingerprint density at radius 2 is 2.05 bits per heavy atom. The van der Waals surface area contributed by atoms with Gasteiger partial charge in [-0.2, -0.15) is 5.10 Å². The zero-order valence-corrected chi connectivity index (χ0v) is 16.1. The van der Waals surface area contributed by atoms with Gasteiger partial charge in [-0.05, 0) is 34.1 Å². The summed E-state index contributed by atoms with van der Waals surface area (Å²) >= 11 is 9.66. The van der Waals surface area contributed by atoms with E-state index < -0.39 is 8.07 Å². The van der Waals surface area contributed by atoms with Crippen LogP contribution in [0.4, 0.5) is 0 Å². The molecule has 116 valence electrons. The molecule has 4 nitrogen and oxygen atoms in total. The van der Waals surface area contributed by atoms with Crippen LogP contribution in [-0.4, -0.2) is 31.6 Å². The van der Waals surface area contributed by atoms with E-state index in [1.807, 2.05) is 16.8 Å². The zero-order valence-electron chi connectivity index (χ0n) is 12.7. The quantitative estimate of drug-likeness (QED) is 0.525. The van der Waals surface area contributed by atoms with Crippen LogP contribution in [-0.2, 0) is 11.5 Å². The van der Waals surface area contributed by atoms with E-state index in [0.29, 0.717) is 17.5 Å². The SMILES string of the molecule is COc1cc2c(Br)nn(COCC[Si](C)(C)C)c2cc1Cl. The third kappa shape index (κ3) is 4.22. The molecule has 0 N–H and O–H groups in total. The van der Waals surface area contributed by atoms with Crippen molar-refractivity contribution < 1.29 is 9.47 Å². The van der Waals surface area contributed by atoms with E-state index in [2.05, 4.69) is 40.7 Å². The van der Waals surface area contributed by atoms with Gasteiger partial charge in [0, 0.05) is 20.1 Å². The van der Waals surface area contributed by atoms with Crippen LogP contribution in [0.2, 0.25) is 30.7 Å². The van der Waals surface area contributed by atoms with E-state index in [4.69, 9.17) is 21.1 Å². The van der Waals surface area contributed by atoms with Crippen molar-refractivity contribution in [3.63, 3.8) is 0 Å². The number of fused-ring (bicyclic) bond motifs is 1. The molecule has 0 spiro atoms. The Labute approximate surface area is 139 Å². The van der Waals surface area contributed by atoms with Crippen molar-refractivity contribution in [2.24, 2.45) is 0 Å². The van der Waals surface area contributed by atoms with Gasteiger partial charge >= 0.3 is 0 Å². The van der Waals surface area contributed by atoms with Crippen molar-refractivity contribution in [2.75, 3.05) is 13.7 Å². The number of halogens is 2. The molecule has 0 unspecified atom stereocenters. The predicted molar refractivity (Wildman–Crippen MR) is 93.1 cm³/mol. The summed E-state index contributed by atoms with van der Waals surface area (Å²) in [5.74, 6) is 0.643. The summed E-state index contributed by atoms with van der Waals surface area (Å²) in [6.45, 7) is 8.20. The number of hydrogen-bond donors (Lipinski definition) is 0. The van der Waals surface area contributed by atoms with E-state index >= 15 is 0 Å². The second-order valence-corrected chi connectivity index (χ2v) is 12.9. The first-order chi connectivity index (χ1) is 9.81. The van der Waals surface area contributed by atoms with Crippen LogP contribution in [0.25, 0.3) is 10.9 Å². The molecule has 0 aliphatic rings. The minimum absolute atomic E-state index is 0.426. The fourth-order valence-corrected chi connectivity index (χ4v) is 3.42. The number of nitrogens with zero attached hydrogens (tertiary/aromatic N) is 2. The number of aromatic nitrogens is 2. The van der Waals surface area contributed by atoms with Gasteiger partial charge in [-0.3, -0.25) is 0 Å². The van der Waals surface area contributed by atoms with Gasteiger partial charge in [-0.1, -0.05) is 31.2 Å². The van der Waals surface area contributed by atoms with Crippen LogP contribution in [0.5, 0.6) is 5.75 Å². The summed E-state index contributed by atoms with van der Waals surface area (Å²) in [7, 11) is 0.535. The van der Waals surface area contributed by atoms with Crippen LogP contribution >= 0.6 is 27.5 Å². The standard InChI is InChI=1S/C14H20BrClN2O2Si/c1-19-13-7-10-12(8-11(13)16)18(17-14(10)15)9-20-5-6-21(2,3)4/h7-8H,5-6,9H2,1-4H3. The van der Waals surface area contributed by atoms with Crippen LogP contribution in [0.3, 0.4) is 0 Å². The highest BCUT2D eigenvalue weighted by Gasteiger charge is 2.14. The maximum Gasteiger partial charge on any atom is 0.140 e. The summed E-state index contributed by atoms with van der Waals surface area (Å²) in [6.07, 6.45) is 0. The first kappa shape index (κ1) is 16.8. The Balaban J connectivity index is 2.15. The monoisotopic (exact) mass is 390 g/mol. The number of hydrogen-bond acceptors (Lipinski definition) is 3. The maximum atomic E-state index is 6.19. The summed E-state index contributed by atoms with van der Waals surface area (Å²) in [6, 6.07) is 4.88. The molecule has 2 rings (SSSR count). The highest BCUT2D eigenvalue weighted by Crippen LogP contribution is 2.33. The second kappa shape index (κ2) is 6.69. The molecular weight excluding hydrogens is 372 g/mol. The van der Waals surface area contributed by atoms with Crippen molar-refractivity contribution in [1.82, 2.24) is 9.78 Å². The van der Waals surface area contributed by atoms with Gasteiger partial charge in [-0.25, -0.2) is 4.68 Å². The minimum atomic E-state index is -1.07. The Bertz CT molecular complexity index is 640. The van der Waals surface area contributed by atoms with E-state index in [1.165, 1.54) is 0 Å². The molecule has 7 heteroatoms. The summed E-state index contributed by atoms with van der Waals surface area (Å²) in [5.41, 5.74) is 0.931. The van der Waals surface area contributed by atoms with Gasteiger partial charge in [0.15, 0.2) is 0 Å². The molecule has 0 aliphatic heterocycles. The topological polar surface area (TPSA) is 36.3 Å². The van der Waals surface area contributed by atoms with Gasteiger partial charge in [0.1, 0.15) is 17.1 Å². The Morgan fingerprint density at radius 1 is 1.33 bits per heavy atom. The van der Waals surface area contributed by atoms with Crippen LogP contribution in [0, 0.1) is 0 Å². The average molecular weight is 392 g/mol. The third-order valence-electron chi connectivity index (χ3n) is 3.19. The molecule has 1 aromatic heterocycles. The second-order valence-electron chi connectivity index (χ2n) is 6.14. The molecule has 2 aromatic rings. The van der Waals surface area contributed by atoms with Crippen molar-refractivity contribution in [3.8, 4) is 5.75 Å². The largest absolute Gasteiger partial charge is 0.495 e. The van der Waals surface area contributed by atoms with Crippen molar-refractivity contribution in [3.05, 3.63) is 21.8 Å². The van der Waals surface area contributed by atoms with E-state index in [0.717, 1.165) is 28.2 Å². The van der Waals surface area contributed by atoms with Gasteiger partial charge in [-0.15, -0.1) is 0 Å². The third-order valence-corrected chi connectivity index (χ3v) is 5.77. The summed E-state index contributed by atoms with van der Waals surface area (Å²) < 4.78 is 13.6. The van der Waals surface area contributed by atoms with Crippen molar-refractivity contribution >= 4 is 46.5 Å². The highest BCUT2D eigenvalue weighted by atomic mass is 79.9. The van der Waals surface area contributed by atoms with Gasteiger partial charge in [0.25, 0.3) is 0 Å². The molecule has 0 atom stereocenters. The molecule has 0 aliphatic carbocycles. The lowest BCUT2D eigenvalue weighted by Crippen LogP contribution is -2.22. The molecule has 0 amide bonds.